The zero-order valence-electron chi connectivity index (χ0n) is 16.6. The van der Waals surface area contributed by atoms with Gasteiger partial charge in [0, 0.05) is 31.7 Å². The summed E-state index contributed by atoms with van der Waals surface area (Å²) in [7, 11) is -3.38. The van der Waals surface area contributed by atoms with Crippen LogP contribution in [0.25, 0.3) is 11.0 Å². The predicted molar refractivity (Wildman–Crippen MR) is 107 cm³/mol. The molecule has 2 aromatic rings. The fourth-order valence-corrected chi connectivity index (χ4v) is 4.70. The SMILES string of the molecule is C[C@@H]1CN(C(C)(C)CNS(=O)(=O)CCn2cnc3ccccc32)C[C@H](C)O1. The zero-order chi connectivity index (χ0) is 19.7. The minimum atomic E-state index is -3.38. The molecule has 27 heavy (non-hydrogen) atoms. The lowest BCUT2D eigenvalue weighted by atomic mass is 10.0. The zero-order valence-corrected chi connectivity index (χ0v) is 17.4. The van der Waals surface area contributed by atoms with Gasteiger partial charge in [0.1, 0.15) is 0 Å². The van der Waals surface area contributed by atoms with Gasteiger partial charge in [0.25, 0.3) is 0 Å². The number of nitrogens with one attached hydrogen (secondary N) is 1. The molecule has 2 atom stereocenters. The first-order chi connectivity index (χ1) is 12.7. The van der Waals surface area contributed by atoms with E-state index in [1.165, 1.54) is 0 Å². The molecule has 1 aliphatic rings. The average molecular weight is 395 g/mol. The summed E-state index contributed by atoms with van der Waals surface area (Å²) in [5, 5.41) is 0. The maximum Gasteiger partial charge on any atom is 0.213 e. The third-order valence-electron chi connectivity index (χ3n) is 5.13. The topological polar surface area (TPSA) is 76.5 Å². The smallest absolute Gasteiger partial charge is 0.213 e. The average Bonchev–Trinajstić information content (AvgIpc) is 3.01. The van der Waals surface area contributed by atoms with Crippen molar-refractivity contribution in [2.45, 2.75) is 52.0 Å². The largest absolute Gasteiger partial charge is 0.373 e. The number of hydrogen-bond acceptors (Lipinski definition) is 5. The van der Waals surface area contributed by atoms with Gasteiger partial charge in [-0.2, -0.15) is 0 Å². The molecular weight excluding hydrogens is 364 g/mol. The highest BCUT2D eigenvalue weighted by Gasteiger charge is 2.33. The van der Waals surface area contributed by atoms with E-state index in [1.54, 1.807) is 6.33 Å². The maximum absolute atomic E-state index is 12.5. The van der Waals surface area contributed by atoms with Crippen molar-refractivity contribution < 1.29 is 13.2 Å². The van der Waals surface area contributed by atoms with Crippen LogP contribution >= 0.6 is 0 Å². The van der Waals surface area contributed by atoms with E-state index in [1.807, 2.05) is 28.8 Å². The van der Waals surface area contributed by atoms with Gasteiger partial charge in [-0.3, -0.25) is 4.90 Å². The van der Waals surface area contributed by atoms with Crippen LogP contribution in [0.15, 0.2) is 30.6 Å². The first kappa shape index (κ1) is 20.3. The molecule has 1 aromatic carbocycles. The van der Waals surface area contributed by atoms with Gasteiger partial charge >= 0.3 is 0 Å². The van der Waals surface area contributed by atoms with Crippen molar-refractivity contribution in [1.29, 1.82) is 0 Å². The molecule has 0 radical (unpaired) electrons. The van der Waals surface area contributed by atoms with Gasteiger partial charge in [-0.1, -0.05) is 12.1 Å². The number of fused-ring (bicyclic) bond motifs is 1. The van der Waals surface area contributed by atoms with Crippen LogP contribution in [0.1, 0.15) is 27.7 Å². The Morgan fingerprint density at radius 3 is 2.59 bits per heavy atom. The lowest BCUT2D eigenvalue weighted by Gasteiger charge is -2.45. The minimum Gasteiger partial charge on any atom is -0.373 e. The lowest BCUT2D eigenvalue weighted by molar-refractivity contribution is -0.0945. The number of imidazole rings is 1. The highest BCUT2D eigenvalue weighted by Crippen LogP contribution is 2.21. The number of para-hydroxylation sites is 2. The predicted octanol–water partition coefficient (Wildman–Crippen LogP) is 1.84. The van der Waals surface area contributed by atoms with E-state index in [2.05, 4.69) is 42.3 Å². The van der Waals surface area contributed by atoms with Crippen LogP contribution in [-0.2, 0) is 21.3 Å². The molecule has 0 saturated carbocycles. The van der Waals surface area contributed by atoms with Crippen molar-refractivity contribution in [3.63, 3.8) is 0 Å². The Morgan fingerprint density at radius 1 is 1.22 bits per heavy atom. The molecule has 7 nitrogen and oxygen atoms in total. The Morgan fingerprint density at radius 2 is 1.89 bits per heavy atom. The Kier molecular flexibility index (Phi) is 5.90. The van der Waals surface area contributed by atoms with Crippen molar-refractivity contribution in [2.24, 2.45) is 0 Å². The van der Waals surface area contributed by atoms with Crippen molar-refractivity contribution in [1.82, 2.24) is 19.2 Å². The van der Waals surface area contributed by atoms with Crippen LogP contribution in [0.3, 0.4) is 0 Å². The third kappa shape index (κ3) is 5.07. The maximum atomic E-state index is 12.5. The standard InChI is InChI=1S/C19H30N4O3S/c1-15-11-23(12-16(2)26-15)19(3,4)13-21-27(24,25)10-9-22-14-20-17-7-5-6-8-18(17)22/h5-8,14-16,21H,9-13H2,1-4H3/t15-,16+. The molecule has 0 bridgehead atoms. The molecule has 0 amide bonds. The quantitative estimate of drug-likeness (QED) is 0.776. The van der Waals surface area contributed by atoms with Crippen LogP contribution in [0, 0.1) is 0 Å². The van der Waals surface area contributed by atoms with Crippen molar-refractivity contribution in [2.75, 3.05) is 25.4 Å². The molecule has 8 heteroatoms. The van der Waals surface area contributed by atoms with Crippen molar-refractivity contribution >= 4 is 21.1 Å². The molecule has 1 N–H and O–H groups in total. The Hall–Kier alpha value is -1.48. The van der Waals surface area contributed by atoms with Crippen molar-refractivity contribution in [3.8, 4) is 0 Å². The molecular formula is C19H30N4O3S. The Balaban J connectivity index is 1.57. The number of aryl methyl sites for hydroxylation is 1. The Bertz CT molecular complexity index is 868. The second-order valence-electron chi connectivity index (χ2n) is 8.04. The number of hydrogen-bond donors (Lipinski definition) is 1. The molecule has 1 saturated heterocycles. The molecule has 1 aliphatic heterocycles. The summed E-state index contributed by atoms with van der Waals surface area (Å²) in [6, 6.07) is 7.73. The van der Waals surface area contributed by atoms with Crippen LogP contribution < -0.4 is 4.72 Å². The van der Waals surface area contributed by atoms with Crippen LogP contribution in [0.5, 0.6) is 0 Å². The molecule has 0 spiro atoms. The summed E-state index contributed by atoms with van der Waals surface area (Å²) < 4.78 is 35.5. The van der Waals surface area contributed by atoms with E-state index in [-0.39, 0.29) is 23.5 Å². The normalized spacial score (nSPS) is 22.4. The number of sulfonamides is 1. The summed E-state index contributed by atoms with van der Waals surface area (Å²) in [5.41, 5.74) is 1.55. The molecule has 1 aromatic heterocycles. The van der Waals surface area contributed by atoms with Crippen LogP contribution in [0.4, 0.5) is 0 Å². The fraction of sp³-hybridized carbons (Fsp3) is 0.632. The molecule has 0 aliphatic carbocycles. The van der Waals surface area contributed by atoms with E-state index in [4.69, 9.17) is 4.74 Å². The van der Waals surface area contributed by atoms with Gasteiger partial charge in [0.15, 0.2) is 0 Å². The number of nitrogens with zero attached hydrogens (tertiary/aromatic N) is 3. The second kappa shape index (κ2) is 7.87. The summed E-state index contributed by atoms with van der Waals surface area (Å²) in [6.07, 6.45) is 2.00. The molecule has 3 rings (SSSR count). The first-order valence-electron chi connectivity index (χ1n) is 9.44. The monoisotopic (exact) mass is 394 g/mol. The number of aromatic nitrogens is 2. The van der Waals surface area contributed by atoms with E-state index < -0.39 is 10.0 Å². The van der Waals surface area contributed by atoms with E-state index >= 15 is 0 Å². The van der Waals surface area contributed by atoms with Gasteiger partial charge < -0.3 is 9.30 Å². The fourth-order valence-electron chi connectivity index (χ4n) is 3.55. The first-order valence-corrected chi connectivity index (χ1v) is 11.1. The number of benzene rings is 1. The number of rotatable bonds is 7. The minimum absolute atomic E-state index is 0.0271. The summed E-state index contributed by atoms with van der Waals surface area (Å²) in [4.78, 5) is 6.61. The van der Waals surface area contributed by atoms with E-state index in [9.17, 15) is 8.42 Å². The van der Waals surface area contributed by atoms with Gasteiger partial charge in [-0.05, 0) is 39.8 Å². The summed E-state index contributed by atoms with van der Waals surface area (Å²) >= 11 is 0. The van der Waals surface area contributed by atoms with Crippen LogP contribution in [0.2, 0.25) is 0 Å². The third-order valence-corrected chi connectivity index (χ3v) is 6.43. The molecule has 0 unspecified atom stereocenters. The number of ether oxygens (including phenoxy) is 1. The summed E-state index contributed by atoms with van der Waals surface area (Å²) in [5.74, 6) is 0.0271. The highest BCUT2D eigenvalue weighted by molar-refractivity contribution is 7.89. The molecule has 2 heterocycles. The highest BCUT2D eigenvalue weighted by atomic mass is 32.2. The lowest BCUT2D eigenvalue weighted by Crippen LogP contribution is -2.58. The number of morpholine rings is 1. The van der Waals surface area contributed by atoms with Gasteiger partial charge in [-0.25, -0.2) is 18.1 Å². The van der Waals surface area contributed by atoms with Crippen molar-refractivity contribution in [3.05, 3.63) is 30.6 Å². The molecule has 150 valence electrons. The summed E-state index contributed by atoms with van der Waals surface area (Å²) in [6.45, 7) is 10.6. The van der Waals surface area contributed by atoms with Gasteiger partial charge in [0.2, 0.25) is 10.0 Å². The van der Waals surface area contributed by atoms with E-state index in [0.29, 0.717) is 13.1 Å². The van der Waals surface area contributed by atoms with Gasteiger partial charge in [-0.15, -0.1) is 0 Å². The van der Waals surface area contributed by atoms with E-state index in [0.717, 1.165) is 24.1 Å². The van der Waals surface area contributed by atoms with Gasteiger partial charge in [0.05, 0.1) is 35.3 Å². The Labute approximate surface area is 161 Å². The van der Waals surface area contributed by atoms with Crippen LogP contribution in [-0.4, -0.2) is 66.0 Å². The molecule has 1 fully saturated rings. The second-order valence-corrected chi connectivity index (χ2v) is 9.97.